The van der Waals surface area contributed by atoms with Crippen LogP contribution in [-0.2, 0) is 11.3 Å². The van der Waals surface area contributed by atoms with E-state index in [0.29, 0.717) is 19.8 Å². The van der Waals surface area contributed by atoms with E-state index >= 15 is 0 Å². The topological polar surface area (TPSA) is 38.8 Å². The van der Waals surface area contributed by atoms with E-state index in [9.17, 15) is 4.79 Å². The molecule has 1 aromatic carbocycles. The molecule has 5 heteroatoms. The van der Waals surface area contributed by atoms with E-state index in [-0.39, 0.29) is 5.91 Å². The van der Waals surface area contributed by atoms with Crippen LogP contribution in [0, 0.1) is 0 Å². The molecule has 3 rings (SSSR count). The first-order valence-corrected chi connectivity index (χ1v) is 8.11. The van der Waals surface area contributed by atoms with Crippen molar-refractivity contribution < 1.29 is 14.3 Å². The van der Waals surface area contributed by atoms with Crippen LogP contribution >= 0.6 is 11.3 Å². The molecule has 22 heavy (non-hydrogen) atoms. The molecule has 0 radical (unpaired) electrons. The number of fused-ring (bicyclic) bond motifs is 3. The highest BCUT2D eigenvalue weighted by molar-refractivity contribution is 7.17. The molecule has 2 heterocycles. The normalized spacial score (nSPS) is 12.3. The lowest BCUT2D eigenvalue weighted by atomic mass is 10.1. The van der Waals surface area contributed by atoms with Gasteiger partial charge in [-0.05, 0) is 24.6 Å². The average molecular weight is 317 g/mol. The second kappa shape index (κ2) is 6.50. The van der Waals surface area contributed by atoms with E-state index in [0.717, 1.165) is 33.1 Å². The summed E-state index contributed by atoms with van der Waals surface area (Å²) < 4.78 is 10.8. The molecule has 2 aromatic rings. The first-order valence-electron chi connectivity index (χ1n) is 7.30. The Balaban J connectivity index is 1.81. The van der Waals surface area contributed by atoms with Crippen LogP contribution in [0.5, 0.6) is 5.75 Å². The minimum absolute atomic E-state index is 0.0629. The van der Waals surface area contributed by atoms with Crippen molar-refractivity contribution in [3.05, 3.63) is 40.8 Å². The lowest BCUT2D eigenvalue weighted by molar-refractivity contribution is 0.0784. The van der Waals surface area contributed by atoms with E-state index < -0.39 is 0 Å². The van der Waals surface area contributed by atoms with Gasteiger partial charge < -0.3 is 14.4 Å². The van der Waals surface area contributed by atoms with Crippen molar-refractivity contribution in [3.63, 3.8) is 0 Å². The first kappa shape index (κ1) is 15.1. The zero-order chi connectivity index (χ0) is 15.5. The van der Waals surface area contributed by atoms with E-state index in [1.165, 1.54) is 0 Å². The molecule has 0 fully saturated rings. The third-order valence-corrected chi connectivity index (χ3v) is 4.92. The Kier molecular flexibility index (Phi) is 4.45. The van der Waals surface area contributed by atoms with E-state index in [2.05, 4.69) is 0 Å². The number of hydrogen-bond donors (Lipinski definition) is 0. The Labute approximate surface area is 134 Å². The molecule has 1 aromatic heterocycles. The minimum Gasteiger partial charge on any atom is -0.488 e. The Morgan fingerprint density at radius 1 is 1.41 bits per heavy atom. The number of para-hydroxylation sites is 1. The van der Waals surface area contributed by atoms with Gasteiger partial charge in [0, 0.05) is 43.3 Å². The molecule has 1 aliphatic rings. The zero-order valence-electron chi connectivity index (χ0n) is 12.8. The fourth-order valence-corrected chi connectivity index (χ4v) is 3.73. The van der Waals surface area contributed by atoms with Crippen molar-refractivity contribution in [1.29, 1.82) is 0 Å². The second-order valence-corrected chi connectivity index (χ2v) is 6.38. The predicted molar refractivity (Wildman–Crippen MR) is 87.5 cm³/mol. The molecule has 0 saturated heterocycles. The van der Waals surface area contributed by atoms with E-state index in [1.807, 2.05) is 37.4 Å². The van der Waals surface area contributed by atoms with Gasteiger partial charge in [0.05, 0.1) is 4.88 Å². The van der Waals surface area contributed by atoms with Gasteiger partial charge in [-0.15, -0.1) is 11.3 Å². The monoisotopic (exact) mass is 317 g/mol. The molecule has 1 amide bonds. The number of nitrogens with zero attached hydrogens (tertiary/aromatic N) is 1. The van der Waals surface area contributed by atoms with Crippen LogP contribution in [0.3, 0.4) is 0 Å². The summed E-state index contributed by atoms with van der Waals surface area (Å²) in [5.41, 5.74) is 2.17. The van der Waals surface area contributed by atoms with Gasteiger partial charge >= 0.3 is 0 Å². The van der Waals surface area contributed by atoms with Gasteiger partial charge in [0.25, 0.3) is 5.91 Å². The fourth-order valence-electron chi connectivity index (χ4n) is 2.54. The molecule has 0 unspecified atom stereocenters. The van der Waals surface area contributed by atoms with Crippen molar-refractivity contribution in [3.8, 4) is 16.2 Å². The highest BCUT2D eigenvalue weighted by Gasteiger charge is 2.23. The number of rotatable bonds is 5. The summed E-state index contributed by atoms with van der Waals surface area (Å²) in [7, 11) is 3.51. The van der Waals surface area contributed by atoms with E-state index in [4.69, 9.17) is 9.47 Å². The molecule has 4 nitrogen and oxygen atoms in total. The molecule has 0 spiro atoms. The van der Waals surface area contributed by atoms with Crippen molar-refractivity contribution in [2.24, 2.45) is 0 Å². The molecule has 0 aliphatic carbocycles. The Bertz CT molecular complexity index is 680. The summed E-state index contributed by atoms with van der Waals surface area (Å²) in [6.45, 7) is 1.89. The molecule has 1 aliphatic heterocycles. The van der Waals surface area contributed by atoms with Crippen LogP contribution in [0.2, 0.25) is 0 Å². The highest BCUT2D eigenvalue weighted by Crippen LogP contribution is 2.42. The van der Waals surface area contributed by atoms with Gasteiger partial charge in [0.2, 0.25) is 0 Å². The Morgan fingerprint density at radius 3 is 3.05 bits per heavy atom. The molecule has 0 bridgehead atoms. The number of carbonyl (C=O) groups excluding carboxylic acids is 1. The van der Waals surface area contributed by atoms with Crippen LogP contribution in [0.4, 0.5) is 0 Å². The number of amides is 1. The van der Waals surface area contributed by atoms with Crippen LogP contribution < -0.4 is 4.74 Å². The second-order valence-electron chi connectivity index (χ2n) is 5.32. The van der Waals surface area contributed by atoms with Crippen LogP contribution in [-0.4, -0.2) is 38.1 Å². The number of hydrogen-bond acceptors (Lipinski definition) is 4. The lowest BCUT2D eigenvalue weighted by Gasteiger charge is -2.16. The molecular weight excluding hydrogens is 298 g/mol. The fraction of sp³-hybridized carbons (Fsp3) is 0.353. The molecule has 0 saturated carbocycles. The highest BCUT2D eigenvalue weighted by atomic mass is 32.1. The Hall–Kier alpha value is -1.85. The van der Waals surface area contributed by atoms with Crippen LogP contribution in [0.25, 0.3) is 10.4 Å². The molecule has 116 valence electrons. The summed E-state index contributed by atoms with van der Waals surface area (Å²) in [6.07, 6.45) is 0.843. The number of thiophene rings is 1. The van der Waals surface area contributed by atoms with E-state index in [1.54, 1.807) is 23.3 Å². The van der Waals surface area contributed by atoms with Gasteiger partial charge in [0.1, 0.15) is 12.4 Å². The first-order chi connectivity index (χ1) is 10.7. The van der Waals surface area contributed by atoms with Crippen molar-refractivity contribution in [2.45, 2.75) is 13.0 Å². The van der Waals surface area contributed by atoms with Crippen molar-refractivity contribution >= 4 is 17.2 Å². The number of carbonyl (C=O) groups is 1. The number of ether oxygens (including phenoxy) is 2. The van der Waals surface area contributed by atoms with Gasteiger partial charge in [-0.1, -0.05) is 12.1 Å². The van der Waals surface area contributed by atoms with Crippen molar-refractivity contribution in [1.82, 2.24) is 4.90 Å². The maximum atomic E-state index is 12.5. The predicted octanol–water partition coefficient (Wildman–Crippen LogP) is 3.42. The molecule has 0 N–H and O–H groups in total. The van der Waals surface area contributed by atoms with Gasteiger partial charge in [-0.25, -0.2) is 0 Å². The summed E-state index contributed by atoms with van der Waals surface area (Å²) >= 11 is 1.55. The van der Waals surface area contributed by atoms with Gasteiger partial charge in [0.15, 0.2) is 0 Å². The molecular formula is C17H19NO3S. The van der Waals surface area contributed by atoms with Gasteiger partial charge in [-0.3, -0.25) is 4.79 Å². The summed E-state index contributed by atoms with van der Waals surface area (Å²) in [4.78, 5) is 16.2. The maximum Gasteiger partial charge on any atom is 0.263 e. The summed E-state index contributed by atoms with van der Waals surface area (Å²) in [6, 6.07) is 9.93. The number of methoxy groups -OCH3 is 1. The molecule has 0 atom stereocenters. The SMILES string of the molecule is COCCCN(C)C(=O)c1cc2c(s1)-c1ccccc1OC2. The quantitative estimate of drug-likeness (QED) is 0.793. The average Bonchev–Trinajstić information content (AvgIpc) is 2.98. The third kappa shape index (κ3) is 2.87. The smallest absolute Gasteiger partial charge is 0.263 e. The Morgan fingerprint density at radius 2 is 2.23 bits per heavy atom. The lowest BCUT2D eigenvalue weighted by Crippen LogP contribution is -2.27. The third-order valence-electron chi connectivity index (χ3n) is 3.72. The standard InChI is InChI=1S/C17H19NO3S/c1-18(8-5-9-20-2)17(19)15-10-12-11-21-14-7-4-3-6-13(14)16(12)22-15/h3-4,6-7,10H,5,8-9,11H2,1-2H3. The van der Waals surface area contributed by atoms with Crippen LogP contribution in [0.15, 0.2) is 30.3 Å². The maximum absolute atomic E-state index is 12.5. The zero-order valence-corrected chi connectivity index (χ0v) is 13.6. The van der Waals surface area contributed by atoms with Gasteiger partial charge in [-0.2, -0.15) is 0 Å². The summed E-state index contributed by atoms with van der Waals surface area (Å²) in [5, 5.41) is 0. The van der Waals surface area contributed by atoms with Crippen LogP contribution in [0.1, 0.15) is 21.7 Å². The van der Waals surface area contributed by atoms with Crippen molar-refractivity contribution in [2.75, 3.05) is 27.3 Å². The number of benzene rings is 1. The minimum atomic E-state index is 0.0629. The largest absolute Gasteiger partial charge is 0.488 e. The summed E-state index contributed by atoms with van der Waals surface area (Å²) in [5.74, 6) is 0.956.